The Morgan fingerprint density at radius 2 is 1.09 bits per heavy atom. The monoisotopic (exact) mass is 434 g/mol. The highest BCUT2D eigenvalue weighted by atomic mass is 16.4. The Balaban J connectivity index is 2.07. The lowest BCUT2D eigenvalue weighted by atomic mass is 9.85. The fourth-order valence-corrected chi connectivity index (χ4v) is 4.64. The third kappa shape index (κ3) is 2.85. The van der Waals surface area contributed by atoms with Crippen molar-refractivity contribution in [2.45, 2.75) is 0 Å². The minimum absolute atomic E-state index is 0.0396. The van der Waals surface area contributed by atoms with Crippen molar-refractivity contribution < 1.29 is 29.1 Å². The number of hydrogen-bond donors (Lipinski definition) is 1. The summed E-state index contributed by atoms with van der Waals surface area (Å²) in [5, 5.41) is 14.8. The summed E-state index contributed by atoms with van der Waals surface area (Å²) in [6, 6.07) is 17.0. The molecule has 0 atom stereocenters. The predicted octanol–water partition coefficient (Wildman–Crippen LogP) is 5.25. The van der Waals surface area contributed by atoms with E-state index in [-0.39, 0.29) is 40.0 Å². The summed E-state index contributed by atoms with van der Waals surface area (Å²) in [4.78, 5) is 59.8. The quantitative estimate of drug-likeness (QED) is 0.299. The van der Waals surface area contributed by atoms with Crippen molar-refractivity contribution in [1.82, 2.24) is 0 Å². The van der Waals surface area contributed by atoms with E-state index in [0.29, 0.717) is 23.3 Å². The fourth-order valence-electron chi connectivity index (χ4n) is 4.64. The molecule has 33 heavy (non-hydrogen) atoms. The minimum Gasteiger partial charge on any atom is -0.478 e. The molecule has 0 saturated heterocycles. The molecule has 0 radical (unpaired) electrons. The van der Waals surface area contributed by atoms with Gasteiger partial charge in [-0.05, 0) is 68.0 Å². The van der Waals surface area contributed by atoms with Crippen LogP contribution in [0.25, 0.3) is 43.1 Å². The van der Waals surface area contributed by atoms with Gasteiger partial charge in [0.05, 0.1) is 5.56 Å². The molecule has 0 aliphatic heterocycles. The van der Waals surface area contributed by atoms with Crippen LogP contribution in [0.1, 0.15) is 51.8 Å². The van der Waals surface area contributed by atoms with E-state index in [2.05, 4.69) is 0 Å². The summed E-state index contributed by atoms with van der Waals surface area (Å²) >= 11 is 0. The number of hydrogen-bond acceptors (Lipinski definition) is 5. The van der Waals surface area contributed by atoms with Gasteiger partial charge in [0.1, 0.15) is 0 Å². The summed E-state index contributed by atoms with van der Waals surface area (Å²) in [6.07, 6.45) is 1.44. The molecule has 0 aliphatic carbocycles. The van der Waals surface area contributed by atoms with Crippen LogP contribution in [0, 0.1) is 0 Å². The molecule has 0 heterocycles. The second-order valence-corrected chi connectivity index (χ2v) is 7.73. The number of carboxylic acids is 1. The first-order valence-electron chi connectivity index (χ1n) is 9.99. The van der Waals surface area contributed by atoms with Gasteiger partial charge < -0.3 is 5.11 Å². The molecule has 0 bridgehead atoms. The molecule has 6 heteroatoms. The van der Waals surface area contributed by atoms with Gasteiger partial charge in [-0.1, -0.05) is 24.3 Å². The molecule has 158 valence electrons. The molecule has 0 unspecified atom stereocenters. The Labute approximate surface area is 186 Å². The zero-order valence-electron chi connectivity index (χ0n) is 17.0. The Bertz CT molecular complexity index is 1710. The molecule has 0 aromatic heterocycles. The van der Waals surface area contributed by atoms with Gasteiger partial charge in [-0.2, -0.15) is 0 Å². The molecule has 5 aromatic carbocycles. The van der Waals surface area contributed by atoms with E-state index in [0.717, 1.165) is 21.5 Å². The largest absolute Gasteiger partial charge is 0.478 e. The van der Waals surface area contributed by atoms with Crippen LogP contribution >= 0.6 is 0 Å². The number of benzene rings is 5. The highest BCUT2D eigenvalue weighted by molar-refractivity contribution is 6.26. The Morgan fingerprint density at radius 3 is 1.64 bits per heavy atom. The van der Waals surface area contributed by atoms with Gasteiger partial charge in [-0.15, -0.1) is 0 Å². The maximum absolute atomic E-state index is 12.3. The number of fused-ring (bicyclic) bond motifs is 4. The van der Waals surface area contributed by atoms with Crippen LogP contribution in [0.2, 0.25) is 0 Å². The third-order valence-corrected chi connectivity index (χ3v) is 6.08. The van der Waals surface area contributed by atoms with Gasteiger partial charge in [0, 0.05) is 27.6 Å². The van der Waals surface area contributed by atoms with E-state index in [4.69, 9.17) is 0 Å². The van der Waals surface area contributed by atoms with Crippen molar-refractivity contribution in [2.24, 2.45) is 0 Å². The van der Waals surface area contributed by atoms with Gasteiger partial charge in [0.25, 0.3) is 0 Å². The van der Waals surface area contributed by atoms with E-state index < -0.39 is 17.1 Å². The highest BCUT2D eigenvalue weighted by Gasteiger charge is 2.25. The molecule has 5 rings (SSSR count). The maximum atomic E-state index is 12.3. The first-order valence-corrected chi connectivity index (χ1v) is 9.99. The lowest BCUT2D eigenvalue weighted by molar-refractivity contribution is 0.0695. The normalized spacial score (nSPS) is 11.2. The highest BCUT2D eigenvalue weighted by Crippen LogP contribution is 2.37. The van der Waals surface area contributed by atoms with Gasteiger partial charge in [0.15, 0.2) is 25.1 Å². The molecule has 0 saturated carbocycles. The standard InChI is InChI=1S/C27H14O6/c28-10-21-23(12-30)25-20(26(27(32)33)24(21)13-31)9-18-7-16-5-14-3-1-2-4-15(14)6-17(16)8-19(18)22(25)11-29/h1-13H,(H,32,33). The molecular weight excluding hydrogens is 420 g/mol. The molecular formula is C27H14O6. The Morgan fingerprint density at radius 1 is 0.576 bits per heavy atom. The SMILES string of the molecule is O=Cc1c(C=O)c(C=O)c2c(C=O)c3cc4cc5ccccc5cc4cc3cc2c1C(=O)O. The van der Waals surface area contributed by atoms with Crippen molar-refractivity contribution >= 4 is 74.2 Å². The van der Waals surface area contributed by atoms with Crippen molar-refractivity contribution in [2.75, 3.05) is 0 Å². The average molecular weight is 434 g/mol. The van der Waals surface area contributed by atoms with Crippen molar-refractivity contribution in [3.05, 3.63) is 82.4 Å². The van der Waals surface area contributed by atoms with Gasteiger partial charge in [-0.25, -0.2) is 4.79 Å². The zero-order chi connectivity index (χ0) is 23.3. The smallest absolute Gasteiger partial charge is 0.337 e. The number of rotatable bonds is 5. The van der Waals surface area contributed by atoms with E-state index in [1.807, 2.05) is 48.5 Å². The summed E-state index contributed by atoms with van der Waals surface area (Å²) in [5.41, 5.74) is -1.26. The van der Waals surface area contributed by atoms with E-state index in [1.54, 1.807) is 6.07 Å². The van der Waals surface area contributed by atoms with Gasteiger partial charge in [0.2, 0.25) is 0 Å². The zero-order valence-corrected chi connectivity index (χ0v) is 17.0. The molecule has 0 spiro atoms. The molecule has 0 amide bonds. The van der Waals surface area contributed by atoms with Crippen molar-refractivity contribution in [3.63, 3.8) is 0 Å². The van der Waals surface area contributed by atoms with Crippen LogP contribution in [-0.2, 0) is 0 Å². The number of aromatic carboxylic acids is 1. The first-order chi connectivity index (χ1) is 16.0. The van der Waals surface area contributed by atoms with E-state index >= 15 is 0 Å². The lowest BCUT2D eigenvalue weighted by Gasteiger charge is -2.16. The average Bonchev–Trinajstić information content (AvgIpc) is 2.82. The molecule has 5 aromatic rings. The summed E-state index contributed by atoms with van der Waals surface area (Å²) in [5.74, 6) is -1.44. The Kier molecular flexibility index (Phi) is 4.57. The van der Waals surface area contributed by atoms with Crippen LogP contribution in [0.15, 0.2) is 54.6 Å². The Hall–Kier alpha value is -4.71. The van der Waals surface area contributed by atoms with Crippen LogP contribution in [-0.4, -0.2) is 36.2 Å². The lowest BCUT2D eigenvalue weighted by Crippen LogP contribution is -2.11. The van der Waals surface area contributed by atoms with E-state index in [9.17, 15) is 29.1 Å². The predicted molar refractivity (Wildman–Crippen MR) is 125 cm³/mol. The van der Waals surface area contributed by atoms with Crippen LogP contribution in [0.4, 0.5) is 0 Å². The second kappa shape index (κ2) is 7.46. The maximum Gasteiger partial charge on any atom is 0.337 e. The van der Waals surface area contributed by atoms with Crippen molar-refractivity contribution in [1.29, 1.82) is 0 Å². The molecule has 1 N–H and O–H groups in total. The summed E-state index contributed by atoms with van der Waals surface area (Å²) < 4.78 is 0. The molecule has 0 aliphatic rings. The number of carboxylic acid groups (broad SMARTS) is 1. The molecule has 6 nitrogen and oxygen atoms in total. The van der Waals surface area contributed by atoms with Crippen LogP contribution in [0.3, 0.4) is 0 Å². The van der Waals surface area contributed by atoms with E-state index in [1.165, 1.54) is 0 Å². The number of carbonyl (C=O) groups excluding carboxylic acids is 4. The second-order valence-electron chi connectivity index (χ2n) is 7.73. The van der Waals surface area contributed by atoms with Gasteiger partial charge >= 0.3 is 5.97 Å². The van der Waals surface area contributed by atoms with Gasteiger partial charge in [-0.3, -0.25) is 19.2 Å². The minimum atomic E-state index is -1.44. The summed E-state index contributed by atoms with van der Waals surface area (Å²) in [6.45, 7) is 0. The fraction of sp³-hybridized carbons (Fsp3) is 0. The molecule has 0 fully saturated rings. The number of carbonyl (C=O) groups is 5. The third-order valence-electron chi connectivity index (χ3n) is 6.08. The van der Waals surface area contributed by atoms with Crippen LogP contribution in [0.5, 0.6) is 0 Å². The summed E-state index contributed by atoms with van der Waals surface area (Å²) in [7, 11) is 0. The topological polar surface area (TPSA) is 106 Å². The van der Waals surface area contributed by atoms with Crippen molar-refractivity contribution in [3.8, 4) is 0 Å². The van der Waals surface area contributed by atoms with Crippen LogP contribution < -0.4 is 0 Å². The first kappa shape index (κ1) is 20.2. The number of aldehydes is 4.